The van der Waals surface area contributed by atoms with Crippen molar-refractivity contribution in [3.8, 4) is 0 Å². The van der Waals surface area contributed by atoms with Crippen LogP contribution in [0.1, 0.15) is 12.1 Å². The van der Waals surface area contributed by atoms with Crippen LogP contribution in [-0.4, -0.2) is 47.0 Å². The number of rotatable bonds is 2. The SMILES string of the molecule is Cn1nccc1CNC(=O)N1CCCOCC1. The molecule has 1 aromatic heterocycles. The third-order valence-corrected chi connectivity index (χ3v) is 2.85. The predicted octanol–water partition coefficient (Wildman–Crippen LogP) is 0.352. The van der Waals surface area contributed by atoms with Crippen LogP contribution in [0.25, 0.3) is 0 Å². The second kappa shape index (κ2) is 5.67. The van der Waals surface area contributed by atoms with Gasteiger partial charge in [-0.1, -0.05) is 0 Å². The molecular weight excluding hydrogens is 220 g/mol. The van der Waals surface area contributed by atoms with Gasteiger partial charge in [-0.3, -0.25) is 4.68 Å². The number of nitrogens with one attached hydrogen (secondary N) is 1. The minimum absolute atomic E-state index is 0.0308. The first-order valence-electron chi connectivity index (χ1n) is 5.85. The smallest absolute Gasteiger partial charge is 0.317 e. The molecule has 0 unspecified atom stereocenters. The lowest BCUT2D eigenvalue weighted by molar-refractivity contribution is 0.142. The van der Waals surface area contributed by atoms with Crippen molar-refractivity contribution in [3.63, 3.8) is 0 Å². The highest BCUT2D eigenvalue weighted by atomic mass is 16.5. The van der Waals surface area contributed by atoms with Gasteiger partial charge in [-0.2, -0.15) is 5.10 Å². The molecule has 1 fully saturated rings. The second-order valence-corrected chi connectivity index (χ2v) is 4.06. The summed E-state index contributed by atoms with van der Waals surface area (Å²) in [6, 6.07) is 1.86. The monoisotopic (exact) mass is 238 g/mol. The quantitative estimate of drug-likeness (QED) is 0.809. The number of aromatic nitrogens is 2. The molecule has 1 aliphatic rings. The van der Waals surface area contributed by atoms with Crippen LogP contribution >= 0.6 is 0 Å². The van der Waals surface area contributed by atoms with E-state index in [1.165, 1.54) is 0 Å². The fourth-order valence-corrected chi connectivity index (χ4v) is 1.80. The van der Waals surface area contributed by atoms with Gasteiger partial charge >= 0.3 is 6.03 Å². The maximum atomic E-state index is 11.9. The summed E-state index contributed by atoms with van der Waals surface area (Å²) in [6.07, 6.45) is 2.63. The van der Waals surface area contributed by atoms with Crippen molar-refractivity contribution in [2.45, 2.75) is 13.0 Å². The van der Waals surface area contributed by atoms with E-state index in [1.807, 2.05) is 13.1 Å². The van der Waals surface area contributed by atoms with E-state index in [0.717, 1.165) is 25.3 Å². The summed E-state index contributed by atoms with van der Waals surface area (Å²) in [5, 5.41) is 6.95. The average molecular weight is 238 g/mol. The maximum Gasteiger partial charge on any atom is 0.317 e. The number of ether oxygens (including phenoxy) is 1. The van der Waals surface area contributed by atoms with E-state index in [4.69, 9.17) is 4.74 Å². The van der Waals surface area contributed by atoms with E-state index in [2.05, 4.69) is 10.4 Å². The van der Waals surface area contributed by atoms with Crippen LogP contribution in [0.2, 0.25) is 0 Å². The van der Waals surface area contributed by atoms with Gasteiger partial charge in [0.2, 0.25) is 0 Å². The van der Waals surface area contributed by atoms with E-state index in [1.54, 1.807) is 15.8 Å². The number of amides is 2. The minimum Gasteiger partial charge on any atom is -0.380 e. The number of carbonyl (C=O) groups is 1. The normalized spacial score (nSPS) is 16.6. The van der Waals surface area contributed by atoms with E-state index in [9.17, 15) is 4.79 Å². The number of carbonyl (C=O) groups excluding carboxylic acids is 1. The molecule has 94 valence electrons. The Kier molecular flexibility index (Phi) is 3.98. The topological polar surface area (TPSA) is 59.4 Å². The molecule has 1 aliphatic heterocycles. The third kappa shape index (κ3) is 3.20. The molecule has 1 N–H and O–H groups in total. The van der Waals surface area contributed by atoms with Gasteiger partial charge < -0.3 is 15.0 Å². The Morgan fingerprint density at radius 3 is 3.18 bits per heavy atom. The van der Waals surface area contributed by atoms with Gasteiger partial charge in [-0.05, 0) is 12.5 Å². The van der Waals surface area contributed by atoms with Gasteiger partial charge in [0, 0.05) is 32.9 Å². The Balaban J connectivity index is 1.82. The van der Waals surface area contributed by atoms with Crippen LogP contribution in [0.4, 0.5) is 4.79 Å². The minimum atomic E-state index is -0.0308. The van der Waals surface area contributed by atoms with Gasteiger partial charge in [0.1, 0.15) is 0 Å². The van der Waals surface area contributed by atoms with E-state index >= 15 is 0 Å². The van der Waals surface area contributed by atoms with E-state index in [0.29, 0.717) is 19.7 Å². The number of nitrogens with zero attached hydrogens (tertiary/aromatic N) is 3. The third-order valence-electron chi connectivity index (χ3n) is 2.85. The van der Waals surface area contributed by atoms with Crippen LogP contribution in [-0.2, 0) is 18.3 Å². The Bertz CT molecular complexity index is 369. The molecule has 0 spiro atoms. The largest absolute Gasteiger partial charge is 0.380 e. The van der Waals surface area contributed by atoms with Gasteiger partial charge in [0.15, 0.2) is 0 Å². The van der Waals surface area contributed by atoms with Crippen LogP contribution in [0.3, 0.4) is 0 Å². The number of hydrogen-bond donors (Lipinski definition) is 1. The van der Waals surface area contributed by atoms with Crippen LogP contribution < -0.4 is 5.32 Å². The van der Waals surface area contributed by atoms with Crippen molar-refractivity contribution in [2.75, 3.05) is 26.3 Å². The first-order valence-corrected chi connectivity index (χ1v) is 5.85. The van der Waals surface area contributed by atoms with E-state index < -0.39 is 0 Å². The van der Waals surface area contributed by atoms with Crippen LogP contribution in [0.5, 0.6) is 0 Å². The van der Waals surface area contributed by atoms with Gasteiger partial charge in [0.25, 0.3) is 0 Å². The zero-order chi connectivity index (χ0) is 12.1. The molecule has 0 aliphatic carbocycles. The molecule has 6 heteroatoms. The molecule has 1 aromatic rings. The molecule has 0 bridgehead atoms. The average Bonchev–Trinajstić information content (AvgIpc) is 2.58. The maximum absolute atomic E-state index is 11.9. The molecule has 1 saturated heterocycles. The van der Waals surface area contributed by atoms with Gasteiger partial charge in [-0.25, -0.2) is 4.79 Å². The molecule has 0 saturated carbocycles. The summed E-state index contributed by atoms with van der Waals surface area (Å²) in [5.74, 6) is 0. The van der Waals surface area contributed by atoms with Crippen molar-refractivity contribution in [1.29, 1.82) is 0 Å². The summed E-state index contributed by atoms with van der Waals surface area (Å²) in [4.78, 5) is 13.7. The molecule has 2 rings (SSSR count). The highest BCUT2D eigenvalue weighted by molar-refractivity contribution is 5.74. The summed E-state index contributed by atoms with van der Waals surface area (Å²) in [5.41, 5.74) is 0.990. The zero-order valence-electron chi connectivity index (χ0n) is 10.1. The molecule has 0 atom stereocenters. The summed E-state index contributed by atoms with van der Waals surface area (Å²) >= 11 is 0. The van der Waals surface area contributed by atoms with Crippen molar-refractivity contribution in [3.05, 3.63) is 18.0 Å². The second-order valence-electron chi connectivity index (χ2n) is 4.06. The molecule has 2 heterocycles. The Morgan fingerprint density at radius 1 is 1.53 bits per heavy atom. The number of hydrogen-bond acceptors (Lipinski definition) is 3. The molecule has 0 radical (unpaired) electrons. The molecular formula is C11H18N4O2. The fraction of sp³-hybridized carbons (Fsp3) is 0.636. The van der Waals surface area contributed by atoms with E-state index in [-0.39, 0.29) is 6.03 Å². The van der Waals surface area contributed by atoms with Crippen LogP contribution in [0.15, 0.2) is 12.3 Å². The highest BCUT2D eigenvalue weighted by Gasteiger charge is 2.15. The summed E-state index contributed by atoms with van der Waals surface area (Å²) < 4.78 is 7.06. The highest BCUT2D eigenvalue weighted by Crippen LogP contribution is 2.01. The molecule has 2 amide bonds. The Morgan fingerprint density at radius 2 is 2.41 bits per heavy atom. The van der Waals surface area contributed by atoms with Crippen molar-refractivity contribution < 1.29 is 9.53 Å². The molecule has 0 aromatic carbocycles. The Labute approximate surface area is 101 Å². The van der Waals surface area contributed by atoms with Crippen molar-refractivity contribution in [2.24, 2.45) is 7.05 Å². The fourth-order valence-electron chi connectivity index (χ4n) is 1.80. The first-order chi connectivity index (χ1) is 8.27. The summed E-state index contributed by atoms with van der Waals surface area (Å²) in [7, 11) is 1.86. The van der Waals surface area contributed by atoms with Crippen molar-refractivity contribution in [1.82, 2.24) is 20.0 Å². The van der Waals surface area contributed by atoms with Gasteiger partial charge in [-0.15, -0.1) is 0 Å². The van der Waals surface area contributed by atoms with Gasteiger partial charge in [0.05, 0.1) is 18.8 Å². The lowest BCUT2D eigenvalue weighted by atomic mass is 10.4. The standard InChI is InChI=1S/C11H18N4O2/c1-14-10(3-4-13-14)9-12-11(16)15-5-2-7-17-8-6-15/h3-4H,2,5-9H2,1H3,(H,12,16). The summed E-state index contributed by atoms with van der Waals surface area (Å²) in [6.45, 7) is 3.30. The lowest BCUT2D eigenvalue weighted by Gasteiger charge is -2.20. The van der Waals surface area contributed by atoms with Crippen molar-refractivity contribution >= 4 is 6.03 Å². The first kappa shape index (κ1) is 11.9. The molecule has 6 nitrogen and oxygen atoms in total. The zero-order valence-corrected chi connectivity index (χ0v) is 10.1. The van der Waals surface area contributed by atoms with Crippen LogP contribution in [0, 0.1) is 0 Å². The number of urea groups is 1. The number of aryl methyl sites for hydroxylation is 1. The Hall–Kier alpha value is -1.56. The predicted molar refractivity (Wildman–Crippen MR) is 62.5 cm³/mol. The lowest BCUT2D eigenvalue weighted by Crippen LogP contribution is -2.41. The molecule has 17 heavy (non-hydrogen) atoms.